The second-order valence-corrected chi connectivity index (χ2v) is 7.42. The fourth-order valence-electron chi connectivity index (χ4n) is 3.39. The van der Waals surface area contributed by atoms with E-state index in [0.29, 0.717) is 18.1 Å². The molecule has 1 amide bonds. The summed E-state index contributed by atoms with van der Waals surface area (Å²) < 4.78 is 5.83. The smallest absolute Gasteiger partial charge is 0.251 e. The highest BCUT2D eigenvalue weighted by atomic mass is 16.5. The molecule has 0 radical (unpaired) electrons. The SMILES string of the molecule is Cc1cc(OCCCC2CCN(C(N)=NO)CC2)ccc1C(=O)NCC(C)O. The van der Waals surface area contributed by atoms with E-state index in [9.17, 15) is 9.90 Å². The molecule has 0 spiro atoms. The number of ether oxygens (including phenoxy) is 1. The van der Waals surface area contributed by atoms with Crippen LogP contribution in [0.1, 0.15) is 48.5 Å². The van der Waals surface area contributed by atoms with Gasteiger partial charge in [-0.3, -0.25) is 4.79 Å². The molecule has 0 aliphatic carbocycles. The average molecular weight is 393 g/mol. The van der Waals surface area contributed by atoms with Gasteiger partial charge in [-0.25, -0.2) is 0 Å². The number of hydrogen-bond acceptors (Lipinski definition) is 5. The molecule has 0 bridgehead atoms. The van der Waals surface area contributed by atoms with Crippen LogP contribution >= 0.6 is 0 Å². The lowest BCUT2D eigenvalue weighted by atomic mass is 9.92. The normalized spacial score (nSPS) is 16.7. The number of carbonyl (C=O) groups is 1. The lowest BCUT2D eigenvalue weighted by Crippen LogP contribution is -2.42. The summed E-state index contributed by atoms with van der Waals surface area (Å²) in [5, 5.41) is 23.7. The number of nitrogens with two attached hydrogens (primary N) is 1. The molecule has 1 aromatic carbocycles. The molecule has 1 aliphatic heterocycles. The van der Waals surface area contributed by atoms with E-state index < -0.39 is 6.10 Å². The van der Waals surface area contributed by atoms with Gasteiger partial charge in [0.15, 0.2) is 0 Å². The van der Waals surface area contributed by atoms with Gasteiger partial charge in [0.25, 0.3) is 5.91 Å². The molecule has 1 aromatic rings. The summed E-state index contributed by atoms with van der Waals surface area (Å²) in [7, 11) is 0. The fraction of sp³-hybridized carbons (Fsp3) is 0.600. The van der Waals surface area contributed by atoms with Gasteiger partial charge in [0.05, 0.1) is 12.7 Å². The highest BCUT2D eigenvalue weighted by Crippen LogP contribution is 2.22. The number of nitrogens with one attached hydrogen (secondary N) is 1. The van der Waals surface area contributed by atoms with Crippen molar-refractivity contribution in [2.75, 3.05) is 26.2 Å². The van der Waals surface area contributed by atoms with Gasteiger partial charge in [0.2, 0.25) is 5.96 Å². The average Bonchev–Trinajstić information content (AvgIpc) is 2.69. The van der Waals surface area contributed by atoms with Crippen LogP contribution in [0.3, 0.4) is 0 Å². The Labute approximate surface area is 166 Å². The molecule has 2 rings (SSSR count). The minimum absolute atomic E-state index is 0.192. The predicted molar refractivity (Wildman–Crippen MR) is 108 cm³/mol. The minimum Gasteiger partial charge on any atom is -0.494 e. The molecule has 0 aromatic heterocycles. The maximum Gasteiger partial charge on any atom is 0.251 e. The zero-order valence-corrected chi connectivity index (χ0v) is 16.7. The summed E-state index contributed by atoms with van der Waals surface area (Å²) in [5.74, 6) is 1.39. The molecular formula is C20H32N4O4. The van der Waals surface area contributed by atoms with Crippen LogP contribution in [0.2, 0.25) is 0 Å². The summed E-state index contributed by atoms with van der Waals surface area (Å²) in [5.41, 5.74) is 7.05. The number of likely N-dealkylation sites (tertiary alicyclic amines) is 1. The highest BCUT2D eigenvalue weighted by Gasteiger charge is 2.20. The summed E-state index contributed by atoms with van der Waals surface area (Å²) in [6.45, 7) is 6.01. The molecule has 1 aliphatic rings. The first kappa shape index (κ1) is 21.8. The van der Waals surface area contributed by atoms with E-state index in [2.05, 4.69) is 10.5 Å². The van der Waals surface area contributed by atoms with E-state index in [-0.39, 0.29) is 18.4 Å². The minimum atomic E-state index is -0.570. The molecule has 156 valence electrons. The molecule has 1 unspecified atom stereocenters. The van der Waals surface area contributed by atoms with Crippen molar-refractivity contribution in [2.24, 2.45) is 16.8 Å². The number of hydrogen-bond donors (Lipinski definition) is 4. The van der Waals surface area contributed by atoms with Gasteiger partial charge in [0.1, 0.15) is 5.75 Å². The van der Waals surface area contributed by atoms with Gasteiger partial charge >= 0.3 is 0 Å². The van der Waals surface area contributed by atoms with Crippen molar-refractivity contribution in [1.29, 1.82) is 0 Å². The number of rotatable bonds is 8. The van der Waals surface area contributed by atoms with Crippen LogP contribution in [0.15, 0.2) is 23.4 Å². The van der Waals surface area contributed by atoms with Crippen LogP contribution in [-0.4, -0.2) is 59.4 Å². The Bertz CT molecular complexity index is 670. The molecule has 1 fully saturated rings. The molecule has 5 N–H and O–H groups in total. The Morgan fingerprint density at radius 3 is 2.75 bits per heavy atom. The van der Waals surface area contributed by atoms with Gasteiger partial charge in [-0.1, -0.05) is 5.16 Å². The molecule has 8 nitrogen and oxygen atoms in total. The summed E-state index contributed by atoms with van der Waals surface area (Å²) in [6.07, 6.45) is 3.54. The zero-order chi connectivity index (χ0) is 20.5. The van der Waals surface area contributed by atoms with Crippen LogP contribution in [0.5, 0.6) is 5.75 Å². The first-order chi connectivity index (χ1) is 13.4. The standard InChI is InChI=1S/C20H32N4O4/c1-14-12-17(5-6-18(14)19(26)22-13-15(2)25)28-11-3-4-16-7-9-24(10-8-16)20(21)23-27/h5-6,12,15-16,25,27H,3-4,7-11,13H2,1-2H3,(H2,21,23)(H,22,26). The van der Waals surface area contributed by atoms with E-state index >= 15 is 0 Å². The molecule has 1 heterocycles. The monoisotopic (exact) mass is 392 g/mol. The van der Waals surface area contributed by atoms with Crippen molar-refractivity contribution in [1.82, 2.24) is 10.2 Å². The fourth-order valence-corrected chi connectivity index (χ4v) is 3.39. The van der Waals surface area contributed by atoms with Crippen LogP contribution in [0.25, 0.3) is 0 Å². The van der Waals surface area contributed by atoms with E-state index in [4.69, 9.17) is 15.7 Å². The Morgan fingerprint density at radius 2 is 2.14 bits per heavy atom. The highest BCUT2D eigenvalue weighted by molar-refractivity contribution is 5.95. The maximum atomic E-state index is 12.1. The van der Waals surface area contributed by atoms with Crippen molar-refractivity contribution in [2.45, 2.75) is 45.6 Å². The number of nitrogens with zero attached hydrogens (tertiary/aromatic N) is 2. The quantitative estimate of drug-likeness (QED) is 0.176. The third-order valence-electron chi connectivity index (χ3n) is 5.07. The van der Waals surface area contributed by atoms with Crippen LogP contribution in [-0.2, 0) is 0 Å². The molecule has 1 saturated heterocycles. The Hall–Kier alpha value is -2.48. The number of guanidine groups is 1. The van der Waals surface area contributed by atoms with E-state index in [1.807, 2.05) is 17.9 Å². The third-order valence-corrected chi connectivity index (χ3v) is 5.07. The molecule has 28 heavy (non-hydrogen) atoms. The lowest BCUT2D eigenvalue weighted by Gasteiger charge is -2.32. The Balaban J connectivity index is 1.71. The molecular weight excluding hydrogens is 360 g/mol. The van der Waals surface area contributed by atoms with E-state index in [0.717, 1.165) is 50.1 Å². The third kappa shape index (κ3) is 6.60. The number of aliphatic hydroxyl groups excluding tert-OH is 1. The first-order valence-electron chi connectivity index (χ1n) is 9.83. The number of aliphatic hydroxyl groups is 1. The zero-order valence-electron chi connectivity index (χ0n) is 16.7. The van der Waals surface area contributed by atoms with Crippen LogP contribution < -0.4 is 15.8 Å². The number of piperidine rings is 1. The van der Waals surface area contributed by atoms with Crippen LogP contribution in [0.4, 0.5) is 0 Å². The summed E-state index contributed by atoms with van der Waals surface area (Å²) in [4.78, 5) is 14.0. The first-order valence-corrected chi connectivity index (χ1v) is 9.83. The van der Waals surface area contributed by atoms with E-state index in [1.165, 1.54) is 0 Å². The van der Waals surface area contributed by atoms with Crippen molar-refractivity contribution in [3.05, 3.63) is 29.3 Å². The number of aryl methyl sites for hydroxylation is 1. The Morgan fingerprint density at radius 1 is 1.43 bits per heavy atom. The maximum absolute atomic E-state index is 12.1. The predicted octanol–water partition coefficient (Wildman–Crippen LogP) is 1.68. The topological polar surface area (TPSA) is 120 Å². The number of amides is 1. The van der Waals surface area contributed by atoms with Crippen molar-refractivity contribution in [3.63, 3.8) is 0 Å². The van der Waals surface area contributed by atoms with Crippen molar-refractivity contribution >= 4 is 11.9 Å². The van der Waals surface area contributed by atoms with Gasteiger partial charge < -0.3 is 31.0 Å². The molecule has 8 heteroatoms. The van der Waals surface area contributed by atoms with Crippen molar-refractivity contribution in [3.8, 4) is 5.75 Å². The van der Waals surface area contributed by atoms with Crippen LogP contribution in [0, 0.1) is 12.8 Å². The largest absolute Gasteiger partial charge is 0.494 e. The van der Waals surface area contributed by atoms with Gasteiger partial charge in [-0.15, -0.1) is 0 Å². The lowest BCUT2D eigenvalue weighted by molar-refractivity contribution is 0.0923. The second-order valence-electron chi connectivity index (χ2n) is 7.42. The van der Waals surface area contributed by atoms with Gasteiger partial charge in [0, 0.05) is 25.2 Å². The summed E-state index contributed by atoms with van der Waals surface area (Å²) in [6, 6.07) is 5.43. The van der Waals surface area contributed by atoms with Gasteiger partial charge in [-0.2, -0.15) is 0 Å². The number of benzene rings is 1. The Kier molecular flexibility index (Phi) is 8.38. The molecule has 1 atom stereocenters. The number of carbonyl (C=O) groups excluding carboxylic acids is 1. The molecule has 0 saturated carbocycles. The van der Waals surface area contributed by atoms with Crippen molar-refractivity contribution < 1.29 is 19.8 Å². The summed E-state index contributed by atoms with van der Waals surface area (Å²) >= 11 is 0. The second kappa shape index (κ2) is 10.8. The van der Waals surface area contributed by atoms with Gasteiger partial charge in [-0.05, 0) is 69.2 Å². The van der Waals surface area contributed by atoms with E-state index in [1.54, 1.807) is 19.1 Å². The number of oxime groups is 1.